The molecule has 4 nitrogen and oxygen atoms in total. The van der Waals surface area contributed by atoms with Gasteiger partial charge in [-0.25, -0.2) is 9.97 Å². The highest BCUT2D eigenvalue weighted by molar-refractivity contribution is 7.22. The zero-order valence-electron chi connectivity index (χ0n) is 10.5. The van der Waals surface area contributed by atoms with E-state index in [0.717, 1.165) is 28.3 Å². The number of nitrogens with two attached hydrogens (primary N) is 1. The molecule has 2 heterocycles. The summed E-state index contributed by atoms with van der Waals surface area (Å²) in [5, 5.41) is 5.15. The van der Waals surface area contributed by atoms with Gasteiger partial charge in [0.1, 0.15) is 5.01 Å². The predicted octanol–water partition coefficient (Wildman–Crippen LogP) is 2.93. The van der Waals surface area contributed by atoms with Crippen molar-refractivity contribution in [1.29, 1.82) is 0 Å². The molecule has 3 N–H and O–H groups in total. The number of hydrogen-bond acceptors (Lipinski definition) is 6. The molecule has 0 aliphatic heterocycles. The second-order valence-corrected chi connectivity index (χ2v) is 6.70. The topological polar surface area (TPSA) is 63.8 Å². The van der Waals surface area contributed by atoms with Crippen LogP contribution >= 0.6 is 22.7 Å². The Morgan fingerprint density at radius 3 is 2.95 bits per heavy atom. The van der Waals surface area contributed by atoms with Gasteiger partial charge < -0.3 is 11.1 Å². The van der Waals surface area contributed by atoms with Crippen molar-refractivity contribution >= 4 is 38.0 Å². The number of hydrogen-bond donors (Lipinski definition) is 2. The van der Waals surface area contributed by atoms with Crippen LogP contribution in [-0.2, 0) is 13.1 Å². The van der Waals surface area contributed by atoms with E-state index in [4.69, 9.17) is 5.73 Å². The molecule has 0 bridgehead atoms. The Hall–Kier alpha value is -1.50. The van der Waals surface area contributed by atoms with Gasteiger partial charge in [0, 0.05) is 24.2 Å². The molecule has 0 aliphatic rings. The Kier molecular flexibility index (Phi) is 3.46. The number of fused-ring (bicyclic) bond motifs is 1. The number of aromatic nitrogens is 2. The molecule has 0 aliphatic carbocycles. The van der Waals surface area contributed by atoms with Crippen LogP contribution in [0.1, 0.15) is 15.4 Å². The third-order valence-corrected chi connectivity index (χ3v) is 4.50. The van der Waals surface area contributed by atoms with Crippen LogP contribution in [0, 0.1) is 6.92 Å². The van der Waals surface area contributed by atoms with E-state index in [-0.39, 0.29) is 0 Å². The van der Waals surface area contributed by atoms with E-state index in [1.807, 2.05) is 12.3 Å². The lowest BCUT2D eigenvalue weighted by atomic mass is 10.2. The van der Waals surface area contributed by atoms with E-state index in [0.29, 0.717) is 5.13 Å². The number of nitrogens with zero attached hydrogens (tertiary/aromatic N) is 2. The zero-order chi connectivity index (χ0) is 13.2. The first kappa shape index (κ1) is 12.5. The molecule has 3 aromatic rings. The SMILES string of the molecule is Cc1cnc(CNCc2ccc3nc(N)sc3c2)s1. The summed E-state index contributed by atoms with van der Waals surface area (Å²) in [4.78, 5) is 9.83. The number of anilines is 1. The maximum absolute atomic E-state index is 5.70. The molecule has 3 rings (SSSR count). The van der Waals surface area contributed by atoms with Crippen molar-refractivity contribution in [3.63, 3.8) is 0 Å². The van der Waals surface area contributed by atoms with E-state index in [9.17, 15) is 0 Å². The summed E-state index contributed by atoms with van der Waals surface area (Å²) in [7, 11) is 0. The first-order valence-electron chi connectivity index (χ1n) is 5.98. The van der Waals surface area contributed by atoms with Gasteiger partial charge in [-0.1, -0.05) is 17.4 Å². The maximum atomic E-state index is 5.70. The molecule has 1 aromatic carbocycles. The van der Waals surface area contributed by atoms with Crippen LogP contribution in [0.5, 0.6) is 0 Å². The minimum absolute atomic E-state index is 0.623. The Labute approximate surface area is 119 Å². The number of thiazole rings is 2. The molecule has 0 unspecified atom stereocenters. The fourth-order valence-electron chi connectivity index (χ4n) is 1.89. The van der Waals surface area contributed by atoms with Crippen molar-refractivity contribution in [2.24, 2.45) is 0 Å². The van der Waals surface area contributed by atoms with Crippen LogP contribution in [0.25, 0.3) is 10.2 Å². The molecule has 0 saturated heterocycles. The van der Waals surface area contributed by atoms with Crippen molar-refractivity contribution in [3.8, 4) is 0 Å². The average Bonchev–Trinajstić information content (AvgIpc) is 2.94. The van der Waals surface area contributed by atoms with Crippen molar-refractivity contribution < 1.29 is 0 Å². The smallest absolute Gasteiger partial charge is 0.181 e. The van der Waals surface area contributed by atoms with Gasteiger partial charge in [-0.2, -0.15) is 0 Å². The molecule has 0 spiro atoms. The molecule has 0 radical (unpaired) electrons. The summed E-state index contributed by atoms with van der Waals surface area (Å²) in [6.07, 6.45) is 1.91. The molecule has 0 amide bonds. The standard InChI is InChI=1S/C13H14N4S2/c1-8-5-16-12(18-8)7-15-6-9-2-3-10-11(4-9)19-13(14)17-10/h2-5,15H,6-7H2,1H3,(H2,14,17). The highest BCUT2D eigenvalue weighted by atomic mass is 32.1. The molecule has 0 saturated carbocycles. The lowest BCUT2D eigenvalue weighted by Gasteiger charge is -2.02. The van der Waals surface area contributed by atoms with Crippen molar-refractivity contribution in [1.82, 2.24) is 15.3 Å². The molecule has 0 fully saturated rings. The average molecular weight is 290 g/mol. The van der Waals surface area contributed by atoms with Gasteiger partial charge >= 0.3 is 0 Å². The lowest BCUT2D eigenvalue weighted by Crippen LogP contribution is -2.12. The summed E-state index contributed by atoms with van der Waals surface area (Å²) in [5.74, 6) is 0. The van der Waals surface area contributed by atoms with Gasteiger partial charge in [-0.3, -0.25) is 0 Å². The van der Waals surface area contributed by atoms with E-state index in [1.165, 1.54) is 21.8 Å². The molecular formula is C13H14N4S2. The van der Waals surface area contributed by atoms with Gasteiger partial charge in [0.2, 0.25) is 0 Å². The molecule has 2 aromatic heterocycles. The minimum Gasteiger partial charge on any atom is -0.375 e. The van der Waals surface area contributed by atoms with Gasteiger partial charge in [-0.15, -0.1) is 11.3 Å². The van der Waals surface area contributed by atoms with Crippen LogP contribution in [0.3, 0.4) is 0 Å². The number of nitrogens with one attached hydrogen (secondary N) is 1. The minimum atomic E-state index is 0.623. The fourth-order valence-corrected chi connectivity index (χ4v) is 3.45. The first-order chi connectivity index (χ1) is 9.20. The second-order valence-electron chi connectivity index (χ2n) is 4.32. The normalized spacial score (nSPS) is 11.2. The molecule has 19 heavy (non-hydrogen) atoms. The van der Waals surface area contributed by atoms with Crippen LogP contribution in [0.4, 0.5) is 5.13 Å². The van der Waals surface area contributed by atoms with Gasteiger partial charge in [0.05, 0.1) is 10.2 Å². The largest absolute Gasteiger partial charge is 0.375 e. The number of aryl methyl sites for hydroxylation is 1. The summed E-state index contributed by atoms with van der Waals surface area (Å²) in [6.45, 7) is 3.71. The Bertz CT molecular complexity index is 702. The lowest BCUT2D eigenvalue weighted by molar-refractivity contribution is 0.690. The molecule has 6 heteroatoms. The van der Waals surface area contributed by atoms with Crippen LogP contribution in [0.2, 0.25) is 0 Å². The van der Waals surface area contributed by atoms with Crippen molar-refractivity contribution in [3.05, 3.63) is 39.8 Å². The Morgan fingerprint density at radius 2 is 2.16 bits per heavy atom. The van der Waals surface area contributed by atoms with E-state index in [1.54, 1.807) is 11.3 Å². The molecule has 98 valence electrons. The summed E-state index contributed by atoms with van der Waals surface area (Å²) in [6, 6.07) is 6.25. The van der Waals surface area contributed by atoms with Crippen LogP contribution < -0.4 is 11.1 Å². The third kappa shape index (κ3) is 2.91. The van der Waals surface area contributed by atoms with Gasteiger partial charge in [0.25, 0.3) is 0 Å². The van der Waals surface area contributed by atoms with E-state index >= 15 is 0 Å². The Balaban J connectivity index is 1.64. The molecular weight excluding hydrogens is 276 g/mol. The van der Waals surface area contributed by atoms with Gasteiger partial charge in [-0.05, 0) is 24.6 Å². The van der Waals surface area contributed by atoms with Crippen LogP contribution in [-0.4, -0.2) is 9.97 Å². The predicted molar refractivity (Wildman–Crippen MR) is 81.4 cm³/mol. The monoisotopic (exact) mass is 290 g/mol. The number of nitrogen functional groups attached to an aromatic ring is 1. The molecule has 0 atom stereocenters. The summed E-state index contributed by atoms with van der Waals surface area (Å²) >= 11 is 3.26. The summed E-state index contributed by atoms with van der Waals surface area (Å²) < 4.78 is 1.14. The van der Waals surface area contributed by atoms with Gasteiger partial charge in [0.15, 0.2) is 5.13 Å². The van der Waals surface area contributed by atoms with Crippen LogP contribution in [0.15, 0.2) is 24.4 Å². The third-order valence-electron chi connectivity index (χ3n) is 2.74. The highest BCUT2D eigenvalue weighted by Gasteiger charge is 2.03. The Morgan fingerprint density at radius 1 is 1.26 bits per heavy atom. The van der Waals surface area contributed by atoms with Crippen molar-refractivity contribution in [2.75, 3.05) is 5.73 Å². The van der Waals surface area contributed by atoms with E-state index in [2.05, 4.69) is 34.3 Å². The van der Waals surface area contributed by atoms with Crippen molar-refractivity contribution in [2.45, 2.75) is 20.0 Å². The van der Waals surface area contributed by atoms with E-state index < -0.39 is 0 Å². The maximum Gasteiger partial charge on any atom is 0.181 e. The highest BCUT2D eigenvalue weighted by Crippen LogP contribution is 2.24. The summed E-state index contributed by atoms with van der Waals surface area (Å²) in [5.41, 5.74) is 7.92. The first-order valence-corrected chi connectivity index (χ1v) is 7.61. The number of rotatable bonds is 4. The zero-order valence-corrected chi connectivity index (χ0v) is 12.1. The number of benzene rings is 1. The second kappa shape index (κ2) is 5.24. The quantitative estimate of drug-likeness (QED) is 0.775. The fraction of sp³-hybridized carbons (Fsp3) is 0.231.